The van der Waals surface area contributed by atoms with E-state index in [9.17, 15) is 9.18 Å². The molecule has 34 heavy (non-hydrogen) atoms. The van der Waals surface area contributed by atoms with Gasteiger partial charge in [-0.1, -0.05) is 18.6 Å². The fraction of sp³-hybridized carbons (Fsp3) is 0.571. The third kappa shape index (κ3) is 3.32. The van der Waals surface area contributed by atoms with E-state index in [0.717, 1.165) is 50.0 Å². The van der Waals surface area contributed by atoms with Crippen LogP contribution in [0.5, 0.6) is 0 Å². The van der Waals surface area contributed by atoms with Crippen LogP contribution < -0.4 is 5.32 Å². The summed E-state index contributed by atoms with van der Waals surface area (Å²) < 4.78 is 21.0. The Balaban J connectivity index is 1.29. The number of carbonyl (C=O) groups is 1. The van der Waals surface area contributed by atoms with Gasteiger partial charge in [-0.05, 0) is 92.9 Å². The van der Waals surface area contributed by atoms with Crippen molar-refractivity contribution in [1.29, 1.82) is 0 Å². The zero-order valence-electron chi connectivity index (χ0n) is 20.3. The Kier molecular flexibility index (Phi) is 4.95. The number of halogens is 1. The average Bonchev–Trinajstić information content (AvgIpc) is 3.19. The van der Waals surface area contributed by atoms with E-state index in [4.69, 9.17) is 4.74 Å². The first kappa shape index (κ1) is 21.9. The minimum Gasteiger partial charge on any atom is -0.462 e. The molecule has 5 nitrogen and oxygen atoms in total. The quantitative estimate of drug-likeness (QED) is 0.450. The lowest BCUT2D eigenvalue weighted by molar-refractivity contribution is -0.148. The van der Waals surface area contributed by atoms with Crippen molar-refractivity contribution >= 4 is 11.8 Å². The van der Waals surface area contributed by atoms with Crippen molar-refractivity contribution in [2.75, 3.05) is 5.32 Å². The number of benzene rings is 1. The van der Waals surface area contributed by atoms with Gasteiger partial charge >= 0.3 is 5.97 Å². The first-order valence-corrected chi connectivity index (χ1v) is 12.7. The van der Waals surface area contributed by atoms with Crippen LogP contribution in [-0.2, 0) is 16.0 Å². The average molecular weight is 464 g/mol. The second kappa shape index (κ2) is 7.69. The molecule has 6 rings (SSSR count). The van der Waals surface area contributed by atoms with E-state index in [-0.39, 0.29) is 28.8 Å². The molecule has 6 atom stereocenters. The minimum atomic E-state index is -0.233. The van der Waals surface area contributed by atoms with Gasteiger partial charge in [-0.25, -0.2) is 9.07 Å². The number of carbonyl (C=O) groups excluding carboxylic acids is 1. The molecule has 3 aliphatic carbocycles. The van der Waals surface area contributed by atoms with Gasteiger partial charge in [0.25, 0.3) is 0 Å². The third-order valence-electron chi connectivity index (χ3n) is 9.54. The Morgan fingerprint density at radius 1 is 1.15 bits per heavy atom. The Morgan fingerprint density at radius 3 is 2.71 bits per heavy atom. The summed E-state index contributed by atoms with van der Waals surface area (Å²) in [7, 11) is 0. The van der Waals surface area contributed by atoms with Gasteiger partial charge in [-0.2, -0.15) is 5.10 Å². The molecule has 0 amide bonds. The topological polar surface area (TPSA) is 56.1 Å². The molecule has 2 fully saturated rings. The van der Waals surface area contributed by atoms with Gasteiger partial charge in [0, 0.05) is 24.4 Å². The predicted octanol–water partition coefficient (Wildman–Crippen LogP) is 5.83. The lowest BCUT2D eigenvalue weighted by atomic mass is 9.48. The van der Waals surface area contributed by atoms with Crippen LogP contribution in [0.25, 0.3) is 5.69 Å². The summed E-state index contributed by atoms with van der Waals surface area (Å²) in [4.78, 5) is 11.5. The number of aromatic nitrogens is 2. The Hall–Kier alpha value is -2.63. The molecule has 2 aromatic rings. The van der Waals surface area contributed by atoms with Crippen molar-refractivity contribution in [2.45, 2.75) is 77.4 Å². The normalized spacial score (nSPS) is 36.2. The van der Waals surface area contributed by atoms with Crippen LogP contribution in [0.3, 0.4) is 0 Å². The van der Waals surface area contributed by atoms with Gasteiger partial charge in [0.15, 0.2) is 0 Å². The van der Waals surface area contributed by atoms with Crippen molar-refractivity contribution < 1.29 is 13.9 Å². The number of hydrogen-bond donors (Lipinski definition) is 1. The highest BCUT2D eigenvalue weighted by Gasteiger charge is 2.56. The van der Waals surface area contributed by atoms with Crippen LogP contribution in [0, 0.1) is 29.0 Å². The molecule has 1 aromatic heterocycles. The van der Waals surface area contributed by atoms with Crippen molar-refractivity contribution in [3.8, 4) is 5.69 Å². The molecule has 4 aliphatic rings. The lowest BCUT2D eigenvalue weighted by Crippen LogP contribution is -2.58. The summed E-state index contributed by atoms with van der Waals surface area (Å²) in [5.74, 6) is 2.51. The van der Waals surface area contributed by atoms with Gasteiger partial charge in [0.1, 0.15) is 17.7 Å². The molecule has 2 unspecified atom stereocenters. The maximum Gasteiger partial charge on any atom is 0.302 e. The molecular weight excluding hydrogens is 429 g/mol. The number of hydrogen-bond acceptors (Lipinski definition) is 4. The fourth-order valence-electron chi connectivity index (χ4n) is 7.77. The van der Waals surface area contributed by atoms with Gasteiger partial charge < -0.3 is 10.1 Å². The molecule has 180 valence electrons. The first-order chi connectivity index (χ1) is 16.3. The third-order valence-corrected chi connectivity index (χ3v) is 9.54. The van der Waals surface area contributed by atoms with Crippen molar-refractivity contribution in [2.24, 2.45) is 23.2 Å². The van der Waals surface area contributed by atoms with Crippen LogP contribution in [0.15, 0.2) is 42.1 Å². The lowest BCUT2D eigenvalue weighted by Gasteiger charge is -2.60. The highest BCUT2D eigenvalue weighted by molar-refractivity contribution is 5.66. The van der Waals surface area contributed by atoms with E-state index in [1.165, 1.54) is 36.6 Å². The highest BCUT2D eigenvalue weighted by atomic mass is 19.1. The largest absolute Gasteiger partial charge is 0.462 e. The Morgan fingerprint density at radius 2 is 1.94 bits per heavy atom. The van der Waals surface area contributed by atoms with Crippen LogP contribution in [0.1, 0.15) is 64.9 Å². The van der Waals surface area contributed by atoms with E-state index >= 15 is 0 Å². The number of allylic oxidation sites excluding steroid dienone is 1. The van der Waals surface area contributed by atoms with Crippen molar-refractivity contribution in [3.05, 3.63) is 53.5 Å². The number of fused-ring (bicyclic) bond motifs is 6. The van der Waals surface area contributed by atoms with Crippen LogP contribution in [0.4, 0.5) is 10.2 Å². The summed E-state index contributed by atoms with van der Waals surface area (Å²) in [5.41, 5.74) is 3.88. The number of nitrogens with zero attached hydrogens (tertiary/aromatic N) is 2. The summed E-state index contributed by atoms with van der Waals surface area (Å²) >= 11 is 0. The molecule has 0 spiro atoms. The molecule has 2 saturated carbocycles. The molecular formula is C28H34FN3O2. The standard InChI is InChI=1S/C28H34FN3O2/c1-17(33)34-22-10-12-27(2)19(15-22)4-9-23-24(27)11-13-28(3)25(23)14-18-16-30-32(26(18)31-28)21-7-5-20(29)6-8-21/h4-8,16,22-25,31H,9-15H2,1-3H3/t22?,23-,24+,25?,27+,28+/m1/s1. The van der Waals surface area contributed by atoms with Gasteiger partial charge in [-0.15, -0.1) is 0 Å². The number of rotatable bonds is 2. The summed E-state index contributed by atoms with van der Waals surface area (Å²) in [6.07, 6.45) is 11.9. The number of anilines is 1. The second-order valence-corrected chi connectivity index (χ2v) is 11.4. The number of nitrogens with one attached hydrogen (secondary N) is 1. The van der Waals surface area contributed by atoms with Gasteiger partial charge in [0.2, 0.25) is 0 Å². The SMILES string of the molecule is CC(=O)OC1CC[C@@]2(C)C(=CC[C@H]3C4Cc5cnn(-c6ccc(F)cc6)c5N[C@@]4(C)CC[C@@H]32)C1. The molecule has 1 aromatic carbocycles. The summed E-state index contributed by atoms with van der Waals surface area (Å²) in [6, 6.07) is 6.56. The first-order valence-electron chi connectivity index (χ1n) is 12.7. The Bertz CT molecular complexity index is 1150. The molecule has 2 heterocycles. The maximum absolute atomic E-state index is 13.5. The second-order valence-electron chi connectivity index (χ2n) is 11.4. The molecule has 0 bridgehead atoms. The maximum atomic E-state index is 13.5. The smallest absolute Gasteiger partial charge is 0.302 e. The predicted molar refractivity (Wildman–Crippen MR) is 129 cm³/mol. The molecule has 0 radical (unpaired) electrons. The summed E-state index contributed by atoms with van der Waals surface area (Å²) in [5, 5.41) is 8.59. The molecule has 1 aliphatic heterocycles. The van der Waals surface area contributed by atoms with E-state index in [1.54, 1.807) is 12.1 Å². The molecule has 6 heteroatoms. The number of ether oxygens (including phenoxy) is 1. The van der Waals surface area contributed by atoms with Gasteiger partial charge in [-0.3, -0.25) is 4.79 Å². The monoisotopic (exact) mass is 463 g/mol. The van der Waals surface area contributed by atoms with Crippen LogP contribution in [0.2, 0.25) is 0 Å². The Labute approximate surface area is 200 Å². The van der Waals surface area contributed by atoms with Crippen LogP contribution >= 0.6 is 0 Å². The van der Waals surface area contributed by atoms with Gasteiger partial charge in [0.05, 0.1) is 11.9 Å². The minimum absolute atomic E-state index is 0.0165. The zero-order chi connectivity index (χ0) is 23.7. The molecule has 1 N–H and O–H groups in total. The van der Waals surface area contributed by atoms with E-state index in [0.29, 0.717) is 17.8 Å². The zero-order valence-corrected chi connectivity index (χ0v) is 20.3. The highest BCUT2D eigenvalue weighted by Crippen LogP contribution is 2.61. The van der Waals surface area contributed by atoms with Crippen molar-refractivity contribution in [1.82, 2.24) is 9.78 Å². The van der Waals surface area contributed by atoms with E-state index in [2.05, 4.69) is 30.3 Å². The molecule has 0 saturated heterocycles. The summed E-state index contributed by atoms with van der Waals surface area (Å²) in [6.45, 7) is 6.37. The fourth-order valence-corrected chi connectivity index (χ4v) is 7.77. The van der Waals surface area contributed by atoms with Crippen LogP contribution in [-0.4, -0.2) is 27.4 Å². The number of esters is 1. The van der Waals surface area contributed by atoms with E-state index < -0.39 is 0 Å². The van der Waals surface area contributed by atoms with E-state index in [1.807, 2.05) is 10.9 Å². The van der Waals surface area contributed by atoms with Crippen molar-refractivity contribution in [3.63, 3.8) is 0 Å².